The molecule has 0 aliphatic carbocycles. The fourth-order valence-corrected chi connectivity index (χ4v) is 3.60. The van der Waals surface area contributed by atoms with E-state index < -0.39 is 0 Å². The zero-order valence-electron chi connectivity index (χ0n) is 17.9. The van der Waals surface area contributed by atoms with Gasteiger partial charge in [0.1, 0.15) is 26.3 Å². The van der Waals surface area contributed by atoms with Crippen LogP contribution in [0.1, 0.15) is 22.3 Å². The van der Waals surface area contributed by atoms with Gasteiger partial charge in [0, 0.05) is 38.2 Å². The topological polar surface area (TPSA) is 24.5 Å². The van der Waals surface area contributed by atoms with Crippen LogP contribution in [0.4, 0.5) is 0 Å². The Morgan fingerprint density at radius 2 is 1.07 bits per heavy atom. The fourth-order valence-electron chi connectivity index (χ4n) is 3.60. The smallest absolute Gasteiger partial charge is 0.171 e. The van der Waals surface area contributed by atoms with Gasteiger partial charge < -0.3 is 43.4 Å². The summed E-state index contributed by atoms with van der Waals surface area (Å²) >= 11 is 0. The SMILES string of the molecule is COCC[N+]1=Cc2ccccc2CC1.COCC[N+]1=Cc2ccccc2CC1.[Br-].[Br-]. The summed E-state index contributed by atoms with van der Waals surface area (Å²) in [7, 11) is 3.50. The molecule has 0 aromatic heterocycles. The van der Waals surface area contributed by atoms with Crippen molar-refractivity contribution >= 4 is 12.4 Å². The van der Waals surface area contributed by atoms with E-state index in [9.17, 15) is 0 Å². The predicted octanol–water partition coefficient (Wildman–Crippen LogP) is -3.35. The highest BCUT2D eigenvalue weighted by Crippen LogP contribution is 2.11. The Balaban J connectivity index is 0.000000281. The van der Waals surface area contributed by atoms with E-state index in [1.165, 1.54) is 22.3 Å². The molecule has 0 saturated heterocycles. The molecule has 2 aliphatic heterocycles. The van der Waals surface area contributed by atoms with Crippen LogP contribution in [0.25, 0.3) is 0 Å². The average Bonchev–Trinajstić information content (AvgIpc) is 2.76. The largest absolute Gasteiger partial charge is 1.00 e. The lowest BCUT2D eigenvalue weighted by atomic mass is 10.0. The number of benzene rings is 2. The van der Waals surface area contributed by atoms with Gasteiger partial charge in [-0.15, -0.1) is 0 Å². The molecule has 0 radical (unpaired) electrons. The van der Waals surface area contributed by atoms with Crippen molar-refractivity contribution in [2.24, 2.45) is 0 Å². The molecule has 0 unspecified atom stereocenters. The quantitative estimate of drug-likeness (QED) is 0.358. The van der Waals surface area contributed by atoms with E-state index in [4.69, 9.17) is 9.47 Å². The minimum absolute atomic E-state index is 0. The van der Waals surface area contributed by atoms with E-state index in [-0.39, 0.29) is 34.0 Å². The molecule has 0 atom stereocenters. The third kappa shape index (κ3) is 8.06. The summed E-state index contributed by atoms with van der Waals surface area (Å²) in [6, 6.07) is 17.2. The van der Waals surface area contributed by atoms with Crippen molar-refractivity contribution in [1.29, 1.82) is 0 Å². The van der Waals surface area contributed by atoms with Gasteiger partial charge in [0.15, 0.2) is 25.5 Å². The number of hydrogen-bond acceptors (Lipinski definition) is 2. The summed E-state index contributed by atoms with van der Waals surface area (Å²) in [6.07, 6.45) is 6.77. The van der Waals surface area contributed by atoms with Crippen molar-refractivity contribution in [3.8, 4) is 0 Å². The van der Waals surface area contributed by atoms with Gasteiger partial charge in [-0.05, 0) is 23.3 Å². The second-order valence-corrected chi connectivity index (χ2v) is 7.21. The molecule has 2 aliphatic rings. The predicted molar refractivity (Wildman–Crippen MR) is 114 cm³/mol. The zero-order valence-corrected chi connectivity index (χ0v) is 21.1. The van der Waals surface area contributed by atoms with Crippen LogP contribution in [-0.4, -0.2) is 75.2 Å². The molecule has 30 heavy (non-hydrogen) atoms. The Hall–Kier alpha value is -1.34. The molecule has 2 aromatic carbocycles. The minimum Gasteiger partial charge on any atom is -1.00 e. The van der Waals surface area contributed by atoms with E-state index in [0.717, 1.165) is 52.2 Å². The van der Waals surface area contributed by atoms with Crippen LogP contribution in [0, 0.1) is 0 Å². The molecule has 0 bridgehead atoms. The van der Waals surface area contributed by atoms with Crippen molar-refractivity contribution < 1.29 is 52.6 Å². The number of halogens is 2. The van der Waals surface area contributed by atoms with E-state index in [1.807, 2.05) is 0 Å². The first kappa shape index (κ1) is 26.7. The summed E-state index contributed by atoms with van der Waals surface area (Å²) in [5.41, 5.74) is 5.63. The van der Waals surface area contributed by atoms with Crippen molar-refractivity contribution in [3.05, 3.63) is 70.8 Å². The number of methoxy groups -OCH3 is 2. The summed E-state index contributed by atoms with van der Waals surface area (Å²) in [6.45, 7) is 5.81. The molecule has 4 nitrogen and oxygen atoms in total. The summed E-state index contributed by atoms with van der Waals surface area (Å²) in [5.74, 6) is 0. The molecule has 4 rings (SSSR count). The second-order valence-electron chi connectivity index (χ2n) is 7.21. The Labute approximate surface area is 201 Å². The van der Waals surface area contributed by atoms with Gasteiger partial charge in [0.25, 0.3) is 0 Å². The zero-order chi connectivity index (χ0) is 19.6. The molecule has 0 saturated carbocycles. The van der Waals surface area contributed by atoms with E-state index in [2.05, 4.69) is 70.1 Å². The lowest BCUT2D eigenvalue weighted by Gasteiger charge is -2.11. The van der Waals surface area contributed by atoms with Gasteiger partial charge >= 0.3 is 0 Å². The number of hydrogen-bond donors (Lipinski definition) is 0. The molecule has 0 amide bonds. The Morgan fingerprint density at radius 3 is 1.47 bits per heavy atom. The minimum atomic E-state index is 0. The van der Waals surface area contributed by atoms with Crippen molar-refractivity contribution in [2.75, 3.05) is 53.6 Å². The molecular weight excluding hydrogens is 508 g/mol. The average molecular weight is 540 g/mol. The Kier molecular flexibility index (Phi) is 13.0. The first-order valence-corrected chi connectivity index (χ1v) is 10.1. The van der Waals surface area contributed by atoms with Crippen LogP contribution < -0.4 is 34.0 Å². The first-order chi connectivity index (χ1) is 13.8. The standard InChI is InChI=1S/2C12H16NO.2BrH/c2*1-14-9-8-13-7-6-11-4-2-3-5-12(11)10-13;;/h2*2-5,10H,6-9H2,1H3;2*1H/q2*+1;;/p-2. The maximum absolute atomic E-state index is 5.07. The monoisotopic (exact) mass is 538 g/mol. The lowest BCUT2D eigenvalue weighted by molar-refractivity contribution is -0.526. The van der Waals surface area contributed by atoms with Gasteiger partial charge in [-0.3, -0.25) is 0 Å². The van der Waals surface area contributed by atoms with Crippen LogP contribution in [-0.2, 0) is 22.3 Å². The van der Waals surface area contributed by atoms with E-state index >= 15 is 0 Å². The van der Waals surface area contributed by atoms with Gasteiger partial charge in [-0.2, -0.15) is 0 Å². The lowest BCUT2D eigenvalue weighted by Crippen LogP contribution is -3.00. The first-order valence-electron chi connectivity index (χ1n) is 10.1. The van der Waals surface area contributed by atoms with E-state index in [1.54, 1.807) is 14.2 Å². The molecule has 6 heteroatoms. The highest BCUT2D eigenvalue weighted by molar-refractivity contribution is 5.79. The van der Waals surface area contributed by atoms with Crippen molar-refractivity contribution in [1.82, 2.24) is 0 Å². The number of ether oxygens (including phenoxy) is 2. The summed E-state index contributed by atoms with van der Waals surface area (Å²) < 4.78 is 14.8. The van der Waals surface area contributed by atoms with E-state index in [0.29, 0.717) is 0 Å². The number of fused-ring (bicyclic) bond motifs is 2. The third-order valence-electron chi connectivity index (χ3n) is 5.26. The molecule has 0 spiro atoms. The van der Waals surface area contributed by atoms with Crippen LogP contribution in [0.15, 0.2) is 48.5 Å². The molecule has 164 valence electrons. The molecule has 0 fully saturated rings. The van der Waals surface area contributed by atoms with Gasteiger partial charge in [0.2, 0.25) is 0 Å². The van der Waals surface area contributed by atoms with Crippen LogP contribution in [0.3, 0.4) is 0 Å². The maximum Gasteiger partial charge on any atom is 0.171 e. The molecular formula is C24H32Br2N2O2. The van der Waals surface area contributed by atoms with Crippen LogP contribution in [0.2, 0.25) is 0 Å². The highest BCUT2D eigenvalue weighted by Gasteiger charge is 2.15. The maximum atomic E-state index is 5.07. The number of rotatable bonds is 6. The van der Waals surface area contributed by atoms with Crippen molar-refractivity contribution in [3.63, 3.8) is 0 Å². The summed E-state index contributed by atoms with van der Waals surface area (Å²) in [4.78, 5) is 0. The van der Waals surface area contributed by atoms with Gasteiger partial charge in [-0.1, -0.05) is 36.4 Å². The second kappa shape index (κ2) is 14.6. The summed E-state index contributed by atoms with van der Waals surface area (Å²) in [5, 5.41) is 0. The molecule has 2 aromatic rings. The van der Waals surface area contributed by atoms with Gasteiger partial charge in [-0.25, -0.2) is 9.15 Å². The van der Waals surface area contributed by atoms with Crippen molar-refractivity contribution in [2.45, 2.75) is 12.8 Å². The fraction of sp³-hybridized carbons (Fsp3) is 0.417. The molecule has 0 N–H and O–H groups in total. The number of nitrogens with zero attached hydrogens (tertiary/aromatic N) is 2. The van der Waals surface area contributed by atoms with Crippen LogP contribution >= 0.6 is 0 Å². The van der Waals surface area contributed by atoms with Gasteiger partial charge in [0.05, 0.1) is 0 Å². The highest BCUT2D eigenvalue weighted by atomic mass is 79.9. The third-order valence-corrected chi connectivity index (χ3v) is 5.26. The molecule has 2 heterocycles. The Bertz CT molecular complexity index is 768. The Morgan fingerprint density at radius 1 is 0.667 bits per heavy atom. The normalized spacial score (nSPS) is 13.8. The van der Waals surface area contributed by atoms with Crippen LogP contribution in [0.5, 0.6) is 0 Å².